The average molecular weight is 434 g/mol. The summed E-state index contributed by atoms with van der Waals surface area (Å²) in [6, 6.07) is 19.7. The Kier molecular flexibility index (Phi) is 6.07. The summed E-state index contributed by atoms with van der Waals surface area (Å²) < 4.78 is 24.6. The predicted molar refractivity (Wildman–Crippen MR) is 119 cm³/mol. The van der Waals surface area contributed by atoms with Crippen molar-refractivity contribution in [2.75, 3.05) is 24.4 Å². The quantitative estimate of drug-likeness (QED) is 0.617. The number of hydrogen-bond donors (Lipinski definition) is 1. The number of halogens is 1. The molecule has 0 radical (unpaired) electrons. The minimum atomic E-state index is -0.711. The normalized spacial score (nSPS) is 17.8. The van der Waals surface area contributed by atoms with E-state index >= 15 is 0 Å². The fourth-order valence-corrected chi connectivity index (χ4v) is 3.99. The molecular formula is C25H23FN2O4. The summed E-state index contributed by atoms with van der Waals surface area (Å²) in [5, 5.41) is 2.65. The van der Waals surface area contributed by atoms with Gasteiger partial charge in [0.05, 0.1) is 31.9 Å². The maximum Gasteiger partial charge on any atom is 0.230 e. The van der Waals surface area contributed by atoms with Gasteiger partial charge < -0.3 is 19.7 Å². The standard InChI is InChI=1S/C25H23FN2O4/c1-31-18-11-7-16(8-12-18)24-20(25(30)27-22-6-4-3-5-21(22)26)15-23(29)28(24)17-9-13-19(32-2)14-10-17/h3-14,20,24H,15H2,1-2H3,(H,27,30). The number of ether oxygens (including phenoxy) is 2. The van der Waals surface area contributed by atoms with E-state index in [0.29, 0.717) is 17.2 Å². The van der Waals surface area contributed by atoms with Crippen LogP contribution in [0.4, 0.5) is 15.8 Å². The van der Waals surface area contributed by atoms with Crippen LogP contribution in [-0.2, 0) is 9.59 Å². The molecule has 3 aromatic rings. The number of nitrogens with one attached hydrogen (secondary N) is 1. The molecule has 1 fully saturated rings. The zero-order valence-corrected chi connectivity index (χ0v) is 17.7. The SMILES string of the molecule is COc1ccc(C2C(C(=O)Nc3ccccc3F)CC(=O)N2c2ccc(OC)cc2)cc1. The highest BCUT2D eigenvalue weighted by Gasteiger charge is 2.45. The molecule has 1 aliphatic rings. The molecule has 2 atom stereocenters. The van der Waals surface area contributed by atoms with Crippen LogP contribution in [0.2, 0.25) is 0 Å². The molecule has 0 spiro atoms. The second-order valence-corrected chi connectivity index (χ2v) is 7.46. The van der Waals surface area contributed by atoms with E-state index in [4.69, 9.17) is 9.47 Å². The summed E-state index contributed by atoms with van der Waals surface area (Å²) >= 11 is 0. The van der Waals surface area contributed by atoms with Gasteiger partial charge >= 0.3 is 0 Å². The van der Waals surface area contributed by atoms with E-state index < -0.39 is 23.7 Å². The number of carbonyl (C=O) groups is 2. The number of methoxy groups -OCH3 is 2. The van der Waals surface area contributed by atoms with Gasteiger partial charge in [0, 0.05) is 12.1 Å². The third-order valence-electron chi connectivity index (χ3n) is 5.60. The monoisotopic (exact) mass is 434 g/mol. The number of hydrogen-bond acceptors (Lipinski definition) is 4. The third-order valence-corrected chi connectivity index (χ3v) is 5.60. The van der Waals surface area contributed by atoms with Gasteiger partial charge in [-0.1, -0.05) is 24.3 Å². The number of benzene rings is 3. The molecule has 2 amide bonds. The molecule has 1 N–H and O–H groups in total. The van der Waals surface area contributed by atoms with E-state index in [1.54, 1.807) is 67.7 Å². The van der Waals surface area contributed by atoms with Gasteiger partial charge in [0.1, 0.15) is 17.3 Å². The summed E-state index contributed by atoms with van der Waals surface area (Å²) in [7, 11) is 3.14. The first-order chi connectivity index (χ1) is 15.5. The molecule has 7 heteroatoms. The molecule has 6 nitrogen and oxygen atoms in total. The van der Waals surface area contributed by atoms with Crippen molar-refractivity contribution >= 4 is 23.2 Å². The van der Waals surface area contributed by atoms with Crippen LogP contribution in [0.15, 0.2) is 72.8 Å². The third kappa shape index (κ3) is 4.14. The van der Waals surface area contributed by atoms with Crippen LogP contribution in [0.3, 0.4) is 0 Å². The Bertz CT molecular complexity index is 1120. The van der Waals surface area contributed by atoms with Crippen molar-refractivity contribution in [2.24, 2.45) is 5.92 Å². The molecule has 2 unspecified atom stereocenters. The van der Waals surface area contributed by atoms with E-state index in [1.165, 1.54) is 12.1 Å². The van der Waals surface area contributed by atoms with Crippen LogP contribution in [0.25, 0.3) is 0 Å². The van der Waals surface area contributed by atoms with Gasteiger partial charge in [-0.15, -0.1) is 0 Å². The van der Waals surface area contributed by atoms with E-state index in [0.717, 1.165) is 5.56 Å². The molecular weight excluding hydrogens is 411 g/mol. The second kappa shape index (κ2) is 9.09. The molecule has 0 bridgehead atoms. The number of amides is 2. The Labute approximate surface area is 185 Å². The summed E-state index contributed by atoms with van der Waals surface area (Å²) in [4.78, 5) is 27.9. The number of anilines is 2. The van der Waals surface area contributed by atoms with Gasteiger partial charge in [-0.25, -0.2) is 4.39 Å². The van der Waals surface area contributed by atoms with Crippen molar-refractivity contribution < 1.29 is 23.5 Å². The van der Waals surface area contributed by atoms with Gasteiger partial charge in [0.25, 0.3) is 0 Å². The summed E-state index contributed by atoms with van der Waals surface area (Å²) in [5.41, 5.74) is 1.51. The van der Waals surface area contributed by atoms with E-state index in [-0.39, 0.29) is 18.0 Å². The zero-order valence-electron chi connectivity index (χ0n) is 17.7. The van der Waals surface area contributed by atoms with Crippen LogP contribution in [-0.4, -0.2) is 26.0 Å². The minimum absolute atomic E-state index is 0.00299. The first-order valence-electron chi connectivity index (χ1n) is 10.2. The van der Waals surface area contributed by atoms with Crippen molar-refractivity contribution in [3.05, 3.63) is 84.2 Å². The molecule has 4 rings (SSSR count). The van der Waals surface area contributed by atoms with Crippen molar-refractivity contribution in [2.45, 2.75) is 12.5 Å². The Balaban J connectivity index is 1.71. The highest BCUT2D eigenvalue weighted by molar-refractivity contribution is 6.04. The topological polar surface area (TPSA) is 67.9 Å². The zero-order chi connectivity index (χ0) is 22.7. The van der Waals surface area contributed by atoms with Gasteiger partial charge in [-0.2, -0.15) is 0 Å². The molecule has 1 saturated heterocycles. The first kappa shape index (κ1) is 21.4. The van der Waals surface area contributed by atoms with Crippen molar-refractivity contribution in [3.63, 3.8) is 0 Å². The Morgan fingerprint density at radius 1 is 0.938 bits per heavy atom. The van der Waals surface area contributed by atoms with Crippen molar-refractivity contribution in [1.82, 2.24) is 0 Å². The Morgan fingerprint density at radius 2 is 1.53 bits per heavy atom. The highest BCUT2D eigenvalue weighted by Crippen LogP contribution is 2.42. The maximum atomic E-state index is 14.1. The van der Waals surface area contributed by atoms with Crippen LogP contribution in [0.5, 0.6) is 11.5 Å². The van der Waals surface area contributed by atoms with Crippen LogP contribution in [0, 0.1) is 11.7 Å². The summed E-state index contributed by atoms with van der Waals surface area (Å²) in [6.45, 7) is 0. The minimum Gasteiger partial charge on any atom is -0.497 e. The fraction of sp³-hybridized carbons (Fsp3) is 0.200. The Hall–Kier alpha value is -3.87. The second-order valence-electron chi connectivity index (χ2n) is 7.46. The molecule has 32 heavy (non-hydrogen) atoms. The fourth-order valence-electron chi connectivity index (χ4n) is 3.99. The van der Waals surface area contributed by atoms with Gasteiger partial charge in [-0.05, 0) is 54.1 Å². The smallest absolute Gasteiger partial charge is 0.230 e. The first-order valence-corrected chi connectivity index (χ1v) is 10.2. The average Bonchev–Trinajstić information content (AvgIpc) is 3.17. The maximum absolute atomic E-state index is 14.1. The predicted octanol–water partition coefficient (Wildman–Crippen LogP) is 4.58. The molecule has 164 valence electrons. The molecule has 0 aliphatic carbocycles. The van der Waals surface area contributed by atoms with Crippen LogP contribution >= 0.6 is 0 Å². The molecule has 0 aromatic heterocycles. The molecule has 0 saturated carbocycles. The van der Waals surface area contributed by atoms with Crippen LogP contribution < -0.4 is 19.7 Å². The number of carbonyl (C=O) groups excluding carboxylic acids is 2. The van der Waals surface area contributed by atoms with Crippen molar-refractivity contribution in [1.29, 1.82) is 0 Å². The summed E-state index contributed by atoms with van der Waals surface area (Å²) in [6.07, 6.45) is 0.00299. The van der Waals surface area contributed by atoms with Gasteiger partial charge in [-0.3, -0.25) is 9.59 Å². The number of nitrogens with zero attached hydrogens (tertiary/aromatic N) is 1. The molecule has 3 aromatic carbocycles. The number of rotatable bonds is 6. The van der Waals surface area contributed by atoms with Crippen LogP contribution in [0.1, 0.15) is 18.0 Å². The molecule has 1 aliphatic heterocycles. The van der Waals surface area contributed by atoms with E-state index in [9.17, 15) is 14.0 Å². The van der Waals surface area contributed by atoms with Gasteiger partial charge in [0.2, 0.25) is 11.8 Å². The lowest BCUT2D eigenvalue weighted by atomic mass is 9.92. The summed E-state index contributed by atoms with van der Waals surface area (Å²) in [5.74, 6) is -0.516. The lowest BCUT2D eigenvalue weighted by molar-refractivity contribution is -0.122. The Morgan fingerprint density at radius 3 is 2.12 bits per heavy atom. The largest absolute Gasteiger partial charge is 0.497 e. The van der Waals surface area contributed by atoms with Gasteiger partial charge in [0.15, 0.2) is 0 Å². The lowest BCUT2D eigenvalue weighted by Gasteiger charge is -2.28. The number of para-hydroxylation sites is 1. The van der Waals surface area contributed by atoms with Crippen molar-refractivity contribution in [3.8, 4) is 11.5 Å². The lowest BCUT2D eigenvalue weighted by Crippen LogP contribution is -2.32. The molecule has 1 heterocycles. The van der Waals surface area contributed by atoms with E-state index in [2.05, 4.69) is 5.32 Å². The van der Waals surface area contributed by atoms with E-state index in [1.807, 2.05) is 12.1 Å². The highest BCUT2D eigenvalue weighted by atomic mass is 19.1.